The molecule has 0 spiro atoms. The van der Waals surface area contributed by atoms with Gasteiger partial charge in [-0.15, -0.1) is 12.4 Å². The largest absolute Gasteiger partial charge is 0.508 e. The molecule has 86 valence electrons. The maximum atomic E-state index is 11.2. The molecule has 0 saturated carbocycles. The quantitative estimate of drug-likeness (QED) is 0.745. The first-order valence-electron chi connectivity index (χ1n) is 4.58. The van der Waals surface area contributed by atoms with Gasteiger partial charge < -0.3 is 15.3 Å². The summed E-state index contributed by atoms with van der Waals surface area (Å²) in [6, 6.07) is 4.54. The van der Waals surface area contributed by atoms with E-state index < -0.39 is 5.63 Å². The number of hydrogen-bond acceptors (Lipinski definition) is 4. The molecule has 0 aliphatic heterocycles. The van der Waals surface area contributed by atoms with Crippen LogP contribution in [0.2, 0.25) is 0 Å². The van der Waals surface area contributed by atoms with Crippen molar-refractivity contribution in [2.24, 2.45) is 5.73 Å². The van der Waals surface area contributed by atoms with Crippen LogP contribution in [0.1, 0.15) is 11.1 Å². The second kappa shape index (κ2) is 4.55. The van der Waals surface area contributed by atoms with Crippen molar-refractivity contribution in [3.8, 4) is 5.75 Å². The summed E-state index contributed by atoms with van der Waals surface area (Å²) in [7, 11) is 0. The van der Waals surface area contributed by atoms with Gasteiger partial charge in [-0.05, 0) is 30.2 Å². The smallest absolute Gasteiger partial charge is 0.336 e. The molecule has 2 rings (SSSR count). The monoisotopic (exact) mass is 241 g/mol. The molecule has 0 amide bonds. The molecule has 0 radical (unpaired) electrons. The van der Waals surface area contributed by atoms with Gasteiger partial charge in [0.05, 0.1) is 0 Å². The summed E-state index contributed by atoms with van der Waals surface area (Å²) in [6.07, 6.45) is 0. The second-order valence-electron chi connectivity index (χ2n) is 3.43. The fourth-order valence-corrected chi connectivity index (χ4v) is 1.53. The lowest BCUT2D eigenvalue weighted by molar-refractivity contribution is 0.470. The number of halogens is 1. The molecular formula is C11H12ClNO3. The molecule has 0 aliphatic rings. The highest BCUT2D eigenvalue weighted by molar-refractivity contribution is 5.85. The molecule has 4 nitrogen and oxygen atoms in total. The predicted octanol–water partition coefficient (Wildman–Crippen LogP) is 1.69. The average molecular weight is 242 g/mol. The Balaban J connectivity index is 0.00000128. The Bertz CT molecular complexity index is 577. The number of rotatable bonds is 1. The third-order valence-electron chi connectivity index (χ3n) is 2.37. The van der Waals surface area contributed by atoms with Gasteiger partial charge in [0.2, 0.25) is 0 Å². The molecule has 0 atom stereocenters. The highest BCUT2D eigenvalue weighted by Gasteiger charge is 2.07. The SMILES string of the molecule is Cc1cc2oc(=O)cc(CN)c2cc1O.Cl. The van der Waals surface area contributed by atoms with Gasteiger partial charge >= 0.3 is 5.63 Å². The highest BCUT2D eigenvalue weighted by atomic mass is 35.5. The third kappa shape index (κ3) is 2.03. The number of hydrogen-bond donors (Lipinski definition) is 2. The average Bonchev–Trinajstić information content (AvgIpc) is 2.19. The summed E-state index contributed by atoms with van der Waals surface area (Å²) in [5.74, 6) is 0.172. The Kier molecular flexibility index (Phi) is 3.57. The van der Waals surface area contributed by atoms with Gasteiger partial charge in [0.1, 0.15) is 11.3 Å². The summed E-state index contributed by atoms with van der Waals surface area (Å²) in [4.78, 5) is 11.2. The van der Waals surface area contributed by atoms with Gasteiger partial charge in [0.15, 0.2) is 0 Å². The standard InChI is InChI=1S/C11H11NO3.ClH/c1-6-2-10-8(4-9(6)13)7(5-12)3-11(14)15-10;/h2-4,13H,5,12H2,1H3;1H. The van der Waals surface area contributed by atoms with E-state index in [4.69, 9.17) is 10.2 Å². The van der Waals surface area contributed by atoms with Crippen LogP contribution < -0.4 is 11.4 Å². The Labute approximate surface area is 98.1 Å². The zero-order valence-electron chi connectivity index (χ0n) is 8.69. The van der Waals surface area contributed by atoms with E-state index in [2.05, 4.69) is 0 Å². The van der Waals surface area contributed by atoms with Crippen LogP contribution >= 0.6 is 12.4 Å². The number of nitrogens with two attached hydrogens (primary N) is 1. The van der Waals surface area contributed by atoms with Crippen molar-refractivity contribution >= 4 is 23.4 Å². The van der Waals surface area contributed by atoms with Crippen molar-refractivity contribution in [3.63, 3.8) is 0 Å². The summed E-state index contributed by atoms with van der Waals surface area (Å²) in [5, 5.41) is 10.2. The van der Waals surface area contributed by atoms with Crippen LogP contribution in [0.15, 0.2) is 27.4 Å². The Morgan fingerprint density at radius 1 is 1.38 bits per heavy atom. The predicted molar refractivity (Wildman–Crippen MR) is 64.0 cm³/mol. The van der Waals surface area contributed by atoms with Crippen LogP contribution in [-0.4, -0.2) is 5.11 Å². The molecule has 16 heavy (non-hydrogen) atoms. The Morgan fingerprint density at radius 2 is 2.06 bits per heavy atom. The fraction of sp³-hybridized carbons (Fsp3) is 0.182. The van der Waals surface area contributed by atoms with Crippen LogP contribution in [0.3, 0.4) is 0 Å². The van der Waals surface area contributed by atoms with Gasteiger partial charge in [-0.25, -0.2) is 4.79 Å². The topological polar surface area (TPSA) is 76.5 Å². The molecule has 0 bridgehead atoms. The number of phenols is 1. The lowest BCUT2D eigenvalue weighted by Gasteiger charge is -2.05. The van der Waals surface area contributed by atoms with Crippen molar-refractivity contribution in [2.45, 2.75) is 13.5 Å². The number of phenolic OH excluding ortho intramolecular Hbond substituents is 1. The number of benzene rings is 1. The van der Waals surface area contributed by atoms with Crippen molar-refractivity contribution in [1.29, 1.82) is 0 Å². The molecule has 0 unspecified atom stereocenters. The molecule has 1 aromatic heterocycles. The lowest BCUT2D eigenvalue weighted by Crippen LogP contribution is -2.05. The lowest BCUT2D eigenvalue weighted by atomic mass is 10.1. The van der Waals surface area contributed by atoms with Crippen LogP contribution in [0, 0.1) is 6.92 Å². The van der Waals surface area contributed by atoms with Gasteiger partial charge in [-0.3, -0.25) is 0 Å². The first kappa shape index (κ1) is 12.5. The number of fused-ring (bicyclic) bond motifs is 1. The first-order chi connectivity index (χ1) is 7.11. The number of aromatic hydroxyl groups is 1. The fourth-order valence-electron chi connectivity index (χ4n) is 1.53. The van der Waals surface area contributed by atoms with E-state index in [-0.39, 0.29) is 24.7 Å². The van der Waals surface area contributed by atoms with E-state index in [1.54, 1.807) is 19.1 Å². The van der Waals surface area contributed by atoms with Crippen LogP contribution in [-0.2, 0) is 6.54 Å². The van der Waals surface area contributed by atoms with Crippen molar-refractivity contribution in [2.75, 3.05) is 0 Å². The van der Waals surface area contributed by atoms with Crippen molar-refractivity contribution in [3.05, 3.63) is 39.7 Å². The summed E-state index contributed by atoms with van der Waals surface area (Å²) < 4.78 is 5.02. The molecule has 1 aromatic carbocycles. The molecule has 0 fully saturated rings. The van der Waals surface area contributed by atoms with E-state index in [0.29, 0.717) is 22.1 Å². The number of aryl methyl sites for hydroxylation is 1. The van der Waals surface area contributed by atoms with E-state index in [9.17, 15) is 9.90 Å². The minimum Gasteiger partial charge on any atom is -0.508 e. The Morgan fingerprint density at radius 3 is 2.69 bits per heavy atom. The van der Waals surface area contributed by atoms with Crippen molar-refractivity contribution in [1.82, 2.24) is 0 Å². The highest BCUT2D eigenvalue weighted by Crippen LogP contribution is 2.25. The summed E-state index contributed by atoms with van der Waals surface area (Å²) in [5.41, 5.74) is 6.89. The van der Waals surface area contributed by atoms with E-state index in [0.717, 1.165) is 0 Å². The van der Waals surface area contributed by atoms with Crippen LogP contribution in [0.25, 0.3) is 11.0 Å². The first-order valence-corrected chi connectivity index (χ1v) is 4.58. The normalized spacial score (nSPS) is 10.1. The maximum Gasteiger partial charge on any atom is 0.336 e. The van der Waals surface area contributed by atoms with Gasteiger partial charge in [0.25, 0.3) is 0 Å². The minimum absolute atomic E-state index is 0. The van der Waals surface area contributed by atoms with Crippen LogP contribution in [0.4, 0.5) is 0 Å². The molecule has 1 heterocycles. The summed E-state index contributed by atoms with van der Waals surface area (Å²) in [6.45, 7) is 1.98. The van der Waals surface area contributed by atoms with Gasteiger partial charge in [-0.1, -0.05) is 0 Å². The molecule has 3 N–H and O–H groups in total. The van der Waals surface area contributed by atoms with Gasteiger partial charge in [0, 0.05) is 18.0 Å². The van der Waals surface area contributed by atoms with Crippen molar-refractivity contribution < 1.29 is 9.52 Å². The molecular weight excluding hydrogens is 230 g/mol. The van der Waals surface area contributed by atoms with Crippen LogP contribution in [0.5, 0.6) is 5.75 Å². The molecule has 2 aromatic rings. The van der Waals surface area contributed by atoms with E-state index in [1.807, 2.05) is 0 Å². The minimum atomic E-state index is -0.423. The second-order valence-corrected chi connectivity index (χ2v) is 3.43. The van der Waals surface area contributed by atoms with E-state index in [1.165, 1.54) is 6.07 Å². The molecule has 0 aliphatic carbocycles. The zero-order chi connectivity index (χ0) is 11.0. The molecule has 5 heteroatoms. The summed E-state index contributed by atoms with van der Waals surface area (Å²) >= 11 is 0. The Hall–Kier alpha value is -1.52. The third-order valence-corrected chi connectivity index (χ3v) is 2.37. The zero-order valence-corrected chi connectivity index (χ0v) is 9.50. The van der Waals surface area contributed by atoms with E-state index >= 15 is 0 Å². The maximum absolute atomic E-state index is 11.2. The van der Waals surface area contributed by atoms with Gasteiger partial charge in [-0.2, -0.15) is 0 Å². The molecule has 0 saturated heterocycles.